The first kappa shape index (κ1) is 11.5. The van der Waals surface area contributed by atoms with Crippen LogP contribution >= 0.6 is 0 Å². The molecule has 0 spiro atoms. The maximum atomic E-state index is 12.1. The van der Waals surface area contributed by atoms with E-state index in [4.69, 9.17) is 5.73 Å². The highest BCUT2D eigenvalue weighted by Gasteiger charge is 2.22. The SMILES string of the molecule is NCc1cc(C(=O)N2CCNC(=O)C2)ccn1. The van der Waals surface area contributed by atoms with Gasteiger partial charge in [0, 0.05) is 31.4 Å². The summed E-state index contributed by atoms with van der Waals surface area (Å²) in [5, 5.41) is 2.68. The molecular formula is C11H14N4O2. The molecular weight excluding hydrogens is 220 g/mol. The average molecular weight is 234 g/mol. The first-order chi connectivity index (χ1) is 8.20. The molecule has 6 nitrogen and oxygen atoms in total. The Balaban J connectivity index is 2.15. The van der Waals surface area contributed by atoms with Gasteiger partial charge in [-0.1, -0.05) is 0 Å². The van der Waals surface area contributed by atoms with Crippen LogP contribution in [0.15, 0.2) is 18.3 Å². The van der Waals surface area contributed by atoms with Gasteiger partial charge in [-0.2, -0.15) is 0 Å². The van der Waals surface area contributed by atoms with Crippen molar-refractivity contribution in [2.75, 3.05) is 19.6 Å². The molecule has 1 aromatic heterocycles. The Morgan fingerprint density at radius 2 is 2.41 bits per heavy atom. The van der Waals surface area contributed by atoms with Crippen LogP contribution in [0.25, 0.3) is 0 Å². The third-order valence-corrected chi connectivity index (χ3v) is 2.60. The van der Waals surface area contributed by atoms with Crippen molar-refractivity contribution in [2.45, 2.75) is 6.54 Å². The molecule has 1 aliphatic rings. The molecule has 0 atom stereocenters. The summed E-state index contributed by atoms with van der Waals surface area (Å²) in [6.45, 7) is 1.44. The summed E-state index contributed by atoms with van der Waals surface area (Å²) in [5.41, 5.74) is 6.66. The number of hydrogen-bond acceptors (Lipinski definition) is 4. The molecule has 0 radical (unpaired) electrons. The third-order valence-electron chi connectivity index (χ3n) is 2.60. The Morgan fingerprint density at radius 3 is 3.12 bits per heavy atom. The first-order valence-corrected chi connectivity index (χ1v) is 5.41. The quantitative estimate of drug-likeness (QED) is 0.695. The zero-order valence-corrected chi connectivity index (χ0v) is 9.35. The van der Waals surface area contributed by atoms with Crippen LogP contribution in [0.2, 0.25) is 0 Å². The number of carbonyl (C=O) groups excluding carboxylic acids is 2. The van der Waals surface area contributed by atoms with Crippen molar-refractivity contribution in [2.24, 2.45) is 5.73 Å². The molecule has 0 bridgehead atoms. The summed E-state index contributed by atoms with van der Waals surface area (Å²) >= 11 is 0. The van der Waals surface area contributed by atoms with Crippen LogP contribution in [-0.4, -0.2) is 41.3 Å². The lowest BCUT2D eigenvalue weighted by Crippen LogP contribution is -2.50. The third kappa shape index (κ3) is 2.59. The van der Waals surface area contributed by atoms with E-state index < -0.39 is 0 Å². The van der Waals surface area contributed by atoms with E-state index in [-0.39, 0.29) is 18.4 Å². The smallest absolute Gasteiger partial charge is 0.254 e. The van der Waals surface area contributed by atoms with Gasteiger partial charge in [-0.15, -0.1) is 0 Å². The lowest BCUT2D eigenvalue weighted by atomic mass is 10.2. The molecule has 0 aliphatic carbocycles. The van der Waals surface area contributed by atoms with E-state index in [1.807, 2.05) is 0 Å². The van der Waals surface area contributed by atoms with Gasteiger partial charge in [0.2, 0.25) is 5.91 Å². The molecule has 17 heavy (non-hydrogen) atoms. The van der Waals surface area contributed by atoms with Gasteiger partial charge in [0.05, 0.1) is 12.2 Å². The van der Waals surface area contributed by atoms with Gasteiger partial charge in [0.1, 0.15) is 0 Å². The van der Waals surface area contributed by atoms with Crippen LogP contribution in [0, 0.1) is 0 Å². The maximum absolute atomic E-state index is 12.1. The zero-order chi connectivity index (χ0) is 12.3. The minimum absolute atomic E-state index is 0.110. The second kappa shape index (κ2) is 4.92. The van der Waals surface area contributed by atoms with E-state index >= 15 is 0 Å². The molecule has 2 rings (SSSR count). The number of pyridine rings is 1. The van der Waals surface area contributed by atoms with Crippen LogP contribution in [0.5, 0.6) is 0 Å². The molecule has 90 valence electrons. The number of nitrogens with one attached hydrogen (secondary N) is 1. The van der Waals surface area contributed by atoms with Crippen LogP contribution in [-0.2, 0) is 11.3 Å². The van der Waals surface area contributed by atoms with E-state index in [1.54, 1.807) is 18.3 Å². The standard InChI is InChI=1S/C11H14N4O2/c12-6-9-5-8(1-2-13-9)11(17)15-4-3-14-10(16)7-15/h1-2,5H,3-4,6-7,12H2,(H,14,16). The fourth-order valence-electron chi connectivity index (χ4n) is 1.72. The highest BCUT2D eigenvalue weighted by Crippen LogP contribution is 2.07. The summed E-state index contributed by atoms with van der Waals surface area (Å²) in [6.07, 6.45) is 1.56. The molecule has 3 N–H and O–H groups in total. The summed E-state index contributed by atoms with van der Waals surface area (Å²) in [5.74, 6) is -0.283. The fraction of sp³-hybridized carbons (Fsp3) is 0.364. The Hall–Kier alpha value is -1.95. The molecule has 1 saturated heterocycles. The largest absolute Gasteiger partial charge is 0.353 e. The predicted octanol–water partition coefficient (Wildman–Crippen LogP) is -0.888. The molecule has 1 fully saturated rings. The number of hydrogen-bond donors (Lipinski definition) is 2. The van der Waals surface area contributed by atoms with Gasteiger partial charge >= 0.3 is 0 Å². The highest BCUT2D eigenvalue weighted by molar-refractivity contribution is 5.97. The molecule has 2 heterocycles. The predicted molar refractivity (Wildman–Crippen MR) is 61.0 cm³/mol. The van der Waals surface area contributed by atoms with Crippen molar-refractivity contribution < 1.29 is 9.59 Å². The van der Waals surface area contributed by atoms with E-state index in [9.17, 15) is 9.59 Å². The minimum atomic E-state index is -0.156. The highest BCUT2D eigenvalue weighted by atomic mass is 16.2. The molecule has 6 heteroatoms. The number of nitrogens with zero attached hydrogens (tertiary/aromatic N) is 2. The van der Waals surface area contributed by atoms with Crippen LogP contribution in [0.3, 0.4) is 0 Å². The van der Waals surface area contributed by atoms with E-state index in [0.717, 1.165) is 0 Å². The second-order valence-corrected chi connectivity index (χ2v) is 3.82. The molecule has 0 unspecified atom stereocenters. The number of carbonyl (C=O) groups is 2. The van der Waals surface area contributed by atoms with Crippen molar-refractivity contribution in [3.8, 4) is 0 Å². The van der Waals surface area contributed by atoms with Gasteiger partial charge in [-0.3, -0.25) is 14.6 Å². The van der Waals surface area contributed by atoms with Crippen molar-refractivity contribution >= 4 is 11.8 Å². The number of amides is 2. The summed E-state index contributed by atoms with van der Waals surface area (Å²) in [4.78, 5) is 28.8. The van der Waals surface area contributed by atoms with Crippen LogP contribution < -0.4 is 11.1 Å². The lowest BCUT2D eigenvalue weighted by molar-refractivity contribution is -0.123. The average Bonchev–Trinajstić information content (AvgIpc) is 2.38. The van der Waals surface area contributed by atoms with Crippen molar-refractivity contribution in [3.05, 3.63) is 29.6 Å². The fourth-order valence-corrected chi connectivity index (χ4v) is 1.72. The van der Waals surface area contributed by atoms with Crippen molar-refractivity contribution in [3.63, 3.8) is 0 Å². The first-order valence-electron chi connectivity index (χ1n) is 5.41. The monoisotopic (exact) mass is 234 g/mol. The topological polar surface area (TPSA) is 88.3 Å². The molecule has 2 amide bonds. The summed E-state index contributed by atoms with van der Waals surface area (Å²) < 4.78 is 0. The molecule has 1 aromatic rings. The molecule has 0 aromatic carbocycles. The summed E-state index contributed by atoms with van der Waals surface area (Å²) in [6, 6.07) is 3.29. The second-order valence-electron chi connectivity index (χ2n) is 3.82. The van der Waals surface area contributed by atoms with Crippen LogP contribution in [0.1, 0.15) is 16.1 Å². The normalized spacial score (nSPS) is 15.6. The Morgan fingerprint density at radius 1 is 1.59 bits per heavy atom. The van der Waals surface area contributed by atoms with E-state index in [0.29, 0.717) is 30.9 Å². The zero-order valence-electron chi connectivity index (χ0n) is 9.35. The lowest BCUT2D eigenvalue weighted by Gasteiger charge is -2.26. The molecule has 1 aliphatic heterocycles. The van der Waals surface area contributed by atoms with Gasteiger partial charge < -0.3 is 16.0 Å². The van der Waals surface area contributed by atoms with Gasteiger partial charge in [-0.25, -0.2) is 0 Å². The Bertz CT molecular complexity index is 447. The molecule has 0 saturated carbocycles. The van der Waals surface area contributed by atoms with Crippen LogP contribution in [0.4, 0.5) is 0 Å². The van der Waals surface area contributed by atoms with E-state index in [2.05, 4.69) is 10.3 Å². The van der Waals surface area contributed by atoms with Gasteiger partial charge in [0.15, 0.2) is 0 Å². The Kier molecular flexibility index (Phi) is 3.34. The van der Waals surface area contributed by atoms with Crippen molar-refractivity contribution in [1.29, 1.82) is 0 Å². The van der Waals surface area contributed by atoms with Crippen molar-refractivity contribution in [1.82, 2.24) is 15.2 Å². The van der Waals surface area contributed by atoms with Gasteiger partial charge in [-0.05, 0) is 12.1 Å². The Labute approximate surface area is 98.8 Å². The summed E-state index contributed by atoms with van der Waals surface area (Å²) in [7, 11) is 0. The van der Waals surface area contributed by atoms with Gasteiger partial charge in [0.25, 0.3) is 5.91 Å². The number of nitrogens with two attached hydrogens (primary N) is 1. The number of aromatic nitrogens is 1. The minimum Gasteiger partial charge on any atom is -0.353 e. The number of piperazine rings is 1. The number of rotatable bonds is 2. The maximum Gasteiger partial charge on any atom is 0.254 e. The van der Waals surface area contributed by atoms with E-state index in [1.165, 1.54) is 4.90 Å².